The van der Waals surface area contributed by atoms with Crippen LogP contribution in [0.3, 0.4) is 0 Å². The molecule has 27 heavy (non-hydrogen) atoms. The molecule has 0 aliphatic heterocycles. The molecule has 0 radical (unpaired) electrons. The molecule has 7 nitrogen and oxygen atoms in total. The zero-order valence-corrected chi connectivity index (χ0v) is 16.2. The van der Waals surface area contributed by atoms with E-state index in [0.717, 1.165) is 18.1 Å². The van der Waals surface area contributed by atoms with Crippen molar-refractivity contribution in [2.45, 2.75) is 32.1 Å². The highest BCUT2D eigenvalue weighted by Gasteiger charge is 2.19. The number of carbonyl (C=O) groups excluding carboxylic acids is 2. The summed E-state index contributed by atoms with van der Waals surface area (Å²) in [7, 11) is -3.98. The Morgan fingerprint density at radius 2 is 1.81 bits per heavy atom. The van der Waals surface area contributed by atoms with Crippen LogP contribution >= 0.6 is 0 Å². The molecule has 0 unspecified atom stereocenters. The first-order valence-corrected chi connectivity index (χ1v) is 9.87. The number of hydrogen-bond donors (Lipinski definition) is 2. The molecule has 144 valence electrons. The summed E-state index contributed by atoms with van der Waals surface area (Å²) in [5.41, 5.74) is 2.68. The smallest absolute Gasteiger partial charge is 0.338 e. The number of para-hydroxylation sites is 1. The van der Waals surface area contributed by atoms with E-state index < -0.39 is 28.5 Å². The molecule has 2 aromatic carbocycles. The van der Waals surface area contributed by atoms with Gasteiger partial charge >= 0.3 is 5.97 Å². The predicted octanol–water partition coefficient (Wildman–Crippen LogP) is 2.31. The Morgan fingerprint density at radius 3 is 2.44 bits per heavy atom. The number of rotatable bonds is 6. The van der Waals surface area contributed by atoms with Crippen molar-refractivity contribution < 1.29 is 22.7 Å². The molecule has 0 fully saturated rings. The number of ether oxygens (including phenoxy) is 1. The van der Waals surface area contributed by atoms with E-state index in [9.17, 15) is 18.0 Å². The molecule has 0 atom stereocenters. The first-order valence-electron chi connectivity index (χ1n) is 8.32. The normalized spacial score (nSPS) is 11.1. The first kappa shape index (κ1) is 20.6. The van der Waals surface area contributed by atoms with Gasteiger partial charge in [0.05, 0.1) is 10.5 Å². The van der Waals surface area contributed by atoms with E-state index in [1.54, 1.807) is 26.0 Å². The number of anilines is 1. The van der Waals surface area contributed by atoms with Crippen LogP contribution in [0, 0.1) is 13.8 Å². The number of amides is 1. The number of sulfonamides is 1. The third kappa shape index (κ3) is 5.15. The number of nitrogens with one attached hydrogen (secondary N) is 1. The zero-order chi connectivity index (χ0) is 20.2. The van der Waals surface area contributed by atoms with E-state index in [1.807, 2.05) is 19.1 Å². The molecule has 1 amide bonds. The van der Waals surface area contributed by atoms with Gasteiger partial charge in [-0.2, -0.15) is 0 Å². The summed E-state index contributed by atoms with van der Waals surface area (Å²) in [5, 5.41) is 7.88. The third-order valence-electron chi connectivity index (χ3n) is 4.17. The number of carbonyl (C=O) groups is 2. The van der Waals surface area contributed by atoms with Crippen molar-refractivity contribution >= 4 is 27.6 Å². The quantitative estimate of drug-likeness (QED) is 0.734. The number of nitrogens with two attached hydrogens (primary N) is 1. The van der Waals surface area contributed by atoms with Gasteiger partial charge in [0.1, 0.15) is 0 Å². The Kier molecular flexibility index (Phi) is 6.35. The van der Waals surface area contributed by atoms with Crippen molar-refractivity contribution in [1.29, 1.82) is 0 Å². The van der Waals surface area contributed by atoms with E-state index in [2.05, 4.69) is 5.32 Å². The summed E-state index contributed by atoms with van der Waals surface area (Å²) in [5.74, 6) is -1.29. The van der Waals surface area contributed by atoms with Crippen molar-refractivity contribution in [1.82, 2.24) is 0 Å². The van der Waals surface area contributed by atoms with Crippen LogP contribution in [0.1, 0.15) is 34.0 Å². The monoisotopic (exact) mass is 390 g/mol. The molecule has 0 heterocycles. The van der Waals surface area contributed by atoms with Crippen LogP contribution in [-0.2, 0) is 26.0 Å². The van der Waals surface area contributed by atoms with Crippen molar-refractivity contribution in [2.75, 3.05) is 11.9 Å². The molecule has 0 saturated carbocycles. The fraction of sp³-hybridized carbons (Fsp3) is 0.263. The van der Waals surface area contributed by atoms with Gasteiger partial charge in [0.15, 0.2) is 6.61 Å². The van der Waals surface area contributed by atoms with E-state index in [0.29, 0.717) is 16.8 Å². The van der Waals surface area contributed by atoms with Gasteiger partial charge in [-0.05, 0) is 55.2 Å². The fourth-order valence-corrected chi connectivity index (χ4v) is 3.47. The second-order valence-electron chi connectivity index (χ2n) is 6.10. The lowest BCUT2D eigenvalue weighted by Crippen LogP contribution is -2.22. The van der Waals surface area contributed by atoms with Crippen LogP contribution in [0.25, 0.3) is 0 Å². The van der Waals surface area contributed by atoms with E-state index >= 15 is 0 Å². The molecular weight excluding hydrogens is 368 g/mol. The average molecular weight is 390 g/mol. The maximum absolute atomic E-state index is 12.2. The highest BCUT2D eigenvalue weighted by Crippen LogP contribution is 2.21. The number of esters is 1. The molecule has 0 bridgehead atoms. The Hall–Kier alpha value is -2.71. The number of benzene rings is 2. The van der Waals surface area contributed by atoms with Gasteiger partial charge in [-0.25, -0.2) is 18.4 Å². The maximum Gasteiger partial charge on any atom is 0.338 e. The lowest BCUT2D eigenvalue weighted by atomic mass is 10.1. The topological polar surface area (TPSA) is 116 Å². The van der Waals surface area contributed by atoms with Crippen LogP contribution in [-0.4, -0.2) is 26.9 Å². The number of aryl methyl sites for hydroxylation is 2. The summed E-state index contributed by atoms with van der Waals surface area (Å²) in [6.45, 7) is 4.74. The fourth-order valence-electron chi connectivity index (χ4n) is 2.59. The van der Waals surface area contributed by atoms with Gasteiger partial charge in [-0.3, -0.25) is 4.79 Å². The van der Waals surface area contributed by atoms with Crippen LogP contribution in [0.15, 0.2) is 41.3 Å². The van der Waals surface area contributed by atoms with Gasteiger partial charge in [0, 0.05) is 5.69 Å². The largest absolute Gasteiger partial charge is 0.452 e. The van der Waals surface area contributed by atoms with Crippen molar-refractivity contribution in [3.63, 3.8) is 0 Å². The summed E-state index contributed by atoms with van der Waals surface area (Å²) < 4.78 is 28.4. The Balaban J connectivity index is 2.10. The highest BCUT2D eigenvalue weighted by molar-refractivity contribution is 7.89. The molecule has 0 saturated heterocycles. The molecule has 2 aromatic rings. The molecule has 0 spiro atoms. The number of primary sulfonamides is 1. The van der Waals surface area contributed by atoms with Crippen molar-refractivity contribution in [2.24, 2.45) is 5.14 Å². The van der Waals surface area contributed by atoms with Crippen LogP contribution in [0.5, 0.6) is 0 Å². The highest BCUT2D eigenvalue weighted by atomic mass is 32.2. The van der Waals surface area contributed by atoms with Gasteiger partial charge in [-0.1, -0.05) is 25.1 Å². The average Bonchev–Trinajstić information content (AvgIpc) is 2.61. The minimum atomic E-state index is -3.98. The summed E-state index contributed by atoms with van der Waals surface area (Å²) in [6, 6.07) is 9.98. The molecule has 8 heteroatoms. The lowest BCUT2D eigenvalue weighted by molar-refractivity contribution is -0.119. The molecular formula is C19H22N2O5S. The van der Waals surface area contributed by atoms with Crippen molar-refractivity contribution in [3.05, 3.63) is 58.7 Å². The van der Waals surface area contributed by atoms with Gasteiger partial charge in [0.25, 0.3) is 5.91 Å². The summed E-state index contributed by atoms with van der Waals surface area (Å²) in [6.07, 6.45) is 0.745. The van der Waals surface area contributed by atoms with Crippen LogP contribution in [0.4, 0.5) is 5.69 Å². The summed E-state index contributed by atoms with van der Waals surface area (Å²) in [4.78, 5) is 24.1. The van der Waals surface area contributed by atoms with Gasteiger partial charge < -0.3 is 10.1 Å². The van der Waals surface area contributed by atoms with E-state index in [4.69, 9.17) is 9.88 Å². The zero-order valence-electron chi connectivity index (χ0n) is 15.4. The molecule has 0 aromatic heterocycles. The lowest BCUT2D eigenvalue weighted by Gasteiger charge is -2.12. The second kappa shape index (κ2) is 8.32. The Morgan fingerprint density at radius 1 is 1.15 bits per heavy atom. The molecule has 0 aliphatic carbocycles. The first-order chi connectivity index (χ1) is 12.6. The molecule has 3 N–H and O–H groups in total. The van der Waals surface area contributed by atoms with Crippen LogP contribution in [0.2, 0.25) is 0 Å². The van der Waals surface area contributed by atoms with E-state index in [1.165, 1.54) is 6.07 Å². The Bertz CT molecular complexity index is 984. The predicted molar refractivity (Wildman–Crippen MR) is 102 cm³/mol. The maximum atomic E-state index is 12.2. The van der Waals surface area contributed by atoms with Gasteiger partial charge in [0.2, 0.25) is 10.0 Å². The second-order valence-corrected chi connectivity index (χ2v) is 7.63. The standard InChI is InChI=1S/C19H22N2O5S/c1-4-14-7-5-6-8-16(14)21-18(22)11-26-19(23)15-9-12(2)13(3)17(10-15)27(20,24)25/h5-10H,4,11H2,1-3H3,(H,21,22)(H2,20,24,25). The minimum Gasteiger partial charge on any atom is -0.452 e. The summed E-state index contributed by atoms with van der Waals surface area (Å²) >= 11 is 0. The Labute approximate surface area is 158 Å². The molecule has 0 aliphatic rings. The SMILES string of the molecule is CCc1ccccc1NC(=O)COC(=O)c1cc(C)c(C)c(S(N)(=O)=O)c1. The van der Waals surface area contributed by atoms with Crippen LogP contribution < -0.4 is 10.5 Å². The molecule has 2 rings (SSSR count). The van der Waals surface area contributed by atoms with Gasteiger partial charge in [-0.15, -0.1) is 0 Å². The van der Waals surface area contributed by atoms with Crippen molar-refractivity contribution in [3.8, 4) is 0 Å². The third-order valence-corrected chi connectivity index (χ3v) is 5.21. The minimum absolute atomic E-state index is 0.0175. The number of hydrogen-bond acceptors (Lipinski definition) is 5. The van der Waals surface area contributed by atoms with E-state index in [-0.39, 0.29) is 10.5 Å².